The molecular formula is C18H13NO3. The first-order chi connectivity index (χ1) is 10.8. The van der Waals surface area contributed by atoms with Gasteiger partial charge in [0.15, 0.2) is 5.58 Å². The third-order valence-electron chi connectivity index (χ3n) is 3.53. The van der Waals surface area contributed by atoms with Crippen LogP contribution in [0.15, 0.2) is 69.7 Å². The van der Waals surface area contributed by atoms with Crippen molar-refractivity contribution < 1.29 is 13.6 Å². The minimum atomic E-state index is 0.580. The Morgan fingerprint density at radius 3 is 2.68 bits per heavy atom. The fourth-order valence-corrected chi connectivity index (χ4v) is 2.46. The number of hydrogen-bond acceptors (Lipinski definition) is 4. The summed E-state index contributed by atoms with van der Waals surface area (Å²) < 4.78 is 16.7. The first-order valence-electron chi connectivity index (χ1n) is 6.93. The Morgan fingerprint density at radius 2 is 1.91 bits per heavy atom. The van der Waals surface area contributed by atoms with Gasteiger partial charge >= 0.3 is 0 Å². The van der Waals surface area contributed by atoms with Crippen LogP contribution in [-0.2, 0) is 0 Å². The summed E-state index contributed by atoms with van der Waals surface area (Å²) in [6.07, 6.45) is 1.64. The van der Waals surface area contributed by atoms with Crippen LogP contribution in [0.3, 0.4) is 0 Å². The van der Waals surface area contributed by atoms with E-state index in [2.05, 4.69) is 4.98 Å². The Bertz CT molecular complexity index is 890. The van der Waals surface area contributed by atoms with E-state index >= 15 is 0 Å². The standard InChI is InChI=1S/C18H13NO3/c1-20-15-9-8-12(11-13(15)16-7-4-10-21-16)18-19-14-5-2-3-6-17(14)22-18/h2-11H,1H3. The lowest BCUT2D eigenvalue weighted by Crippen LogP contribution is -1.88. The number of furan rings is 1. The Morgan fingerprint density at radius 1 is 1.00 bits per heavy atom. The first kappa shape index (κ1) is 12.7. The van der Waals surface area contributed by atoms with Crippen molar-refractivity contribution >= 4 is 11.1 Å². The third kappa shape index (κ3) is 2.05. The predicted molar refractivity (Wildman–Crippen MR) is 83.7 cm³/mol. The molecule has 0 bridgehead atoms. The molecule has 4 aromatic rings. The predicted octanol–water partition coefficient (Wildman–Crippen LogP) is 4.76. The molecule has 4 rings (SSSR count). The molecular weight excluding hydrogens is 278 g/mol. The van der Waals surface area contributed by atoms with Crippen molar-refractivity contribution in [3.63, 3.8) is 0 Å². The molecule has 2 heterocycles. The molecule has 0 aliphatic rings. The van der Waals surface area contributed by atoms with Gasteiger partial charge in [-0.25, -0.2) is 4.98 Å². The van der Waals surface area contributed by atoms with Crippen LogP contribution in [0.1, 0.15) is 0 Å². The van der Waals surface area contributed by atoms with E-state index in [9.17, 15) is 0 Å². The van der Waals surface area contributed by atoms with Gasteiger partial charge in [-0.2, -0.15) is 0 Å². The molecule has 0 aliphatic carbocycles. The van der Waals surface area contributed by atoms with E-state index in [1.165, 1.54) is 0 Å². The lowest BCUT2D eigenvalue weighted by molar-refractivity contribution is 0.414. The number of para-hydroxylation sites is 2. The maximum Gasteiger partial charge on any atom is 0.227 e. The average molecular weight is 291 g/mol. The van der Waals surface area contributed by atoms with Gasteiger partial charge in [0.05, 0.1) is 18.9 Å². The molecule has 0 aliphatic heterocycles. The molecule has 0 amide bonds. The van der Waals surface area contributed by atoms with Gasteiger partial charge in [-0.3, -0.25) is 0 Å². The number of benzene rings is 2. The van der Waals surface area contributed by atoms with Crippen LogP contribution in [0.2, 0.25) is 0 Å². The largest absolute Gasteiger partial charge is 0.496 e. The van der Waals surface area contributed by atoms with Gasteiger partial charge in [0, 0.05) is 5.56 Å². The summed E-state index contributed by atoms with van der Waals surface area (Å²) in [7, 11) is 1.64. The monoisotopic (exact) mass is 291 g/mol. The molecule has 4 nitrogen and oxygen atoms in total. The molecule has 0 saturated carbocycles. The summed E-state index contributed by atoms with van der Waals surface area (Å²) >= 11 is 0. The van der Waals surface area contributed by atoms with Crippen molar-refractivity contribution in [1.29, 1.82) is 0 Å². The smallest absolute Gasteiger partial charge is 0.227 e. The lowest BCUT2D eigenvalue weighted by Gasteiger charge is -2.07. The summed E-state index contributed by atoms with van der Waals surface area (Å²) in [6.45, 7) is 0. The Hall–Kier alpha value is -3.01. The van der Waals surface area contributed by atoms with Crippen LogP contribution in [-0.4, -0.2) is 12.1 Å². The fourth-order valence-electron chi connectivity index (χ4n) is 2.46. The SMILES string of the molecule is COc1ccc(-c2nc3ccccc3o2)cc1-c1ccco1. The van der Waals surface area contributed by atoms with Crippen LogP contribution >= 0.6 is 0 Å². The lowest BCUT2D eigenvalue weighted by atomic mass is 10.1. The number of methoxy groups -OCH3 is 1. The fraction of sp³-hybridized carbons (Fsp3) is 0.0556. The summed E-state index contributed by atoms with van der Waals surface area (Å²) in [5.74, 6) is 2.07. The average Bonchev–Trinajstić information content (AvgIpc) is 3.23. The highest BCUT2D eigenvalue weighted by Gasteiger charge is 2.13. The second-order valence-electron chi connectivity index (χ2n) is 4.88. The van der Waals surface area contributed by atoms with Gasteiger partial charge in [-0.15, -0.1) is 0 Å². The van der Waals surface area contributed by atoms with Gasteiger partial charge in [-0.1, -0.05) is 12.1 Å². The molecule has 0 radical (unpaired) electrons. The zero-order valence-electron chi connectivity index (χ0n) is 11.9. The highest BCUT2D eigenvalue weighted by molar-refractivity contribution is 5.78. The second-order valence-corrected chi connectivity index (χ2v) is 4.88. The van der Waals surface area contributed by atoms with E-state index in [-0.39, 0.29) is 0 Å². The maximum absolute atomic E-state index is 5.82. The maximum atomic E-state index is 5.82. The van der Waals surface area contributed by atoms with Gasteiger partial charge in [0.1, 0.15) is 17.0 Å². The zero-order chi connectivity index (χ0) is 14.9. The molecule has 108 valence electrons. The summed E-state index contributed by atoms with van der Waals surface area (Å²) in [6, 6.07) is 17.2. The van der Waals surface area contributed by atoms with E-state index in [1.54, 1.807) is 13.4 Å². The van der Waals surface area contributed by atoms with E-state index < -0.39 is 0 Å². The molecule has 0 saturated heterocycles. The van der Waals surface area contributed by atoms with Crippen molar-refractivity contribution in [3.05, 3.63) is 60.9 Å². The molecule has 22 heavy (non-hydrogen) atoms. The van der Waals surface area contributed by atoms with Crippen LogP contribution in [0.5, 0.6) is 5.75 Å². The molecule has 4 heteroatoms. The Balaban J connectivity index is 1.87. The van der Waals surface area contributed by atoms with Gasteiger partial charge in [0.25, 0.3) is 0 Å². The summed E-state index contributed by atoms with van der Waals surface area (Å²) in [5, 5.41) is 0. The number of fused-ring (bicyclic) bond motifs is 1. The number of ether oxygens (including phenoxy) is 1. The third-order valence-corrected chi connectivity index (χ3v) is 3.53. The topological polar surface area (TPSA) is 48.4 Å². The van der Waals surface area contributed by atoms with Crippen molar-refractivity contribution in [2.75, 3.05) is 7.11 Å². The van der Waals surface area contributed by atoms with E-state index in [0.717, 1.165) is 33.7 Å². The number of hydrogen-bond donors (Lipinski definition) is 0. The quantitative estimate of drug-likeness (QED) is 0.546. The molecule has 0 atom stereocenters. The van der Waals surface area contributed by atoms with E-state index in [4.69, 9.17) is 13.6 Å². The van der Waals surface area contributed by atoms with Gasteiger partial charge < -0.3 is 13.6 Å². The molecule has 0 unspecified atom stereocenters. The molecule has 0 spiro atoms. The minimum Gasteiger partial charge on any atom is -0.496 e. The molecule has 0 fully saturated rings. The van der Waals surface area contributed by atoms with Crippen LogP contribution in [0.25, 0.3) is 33.9 Å². The van der Waals surface area contributed by atoms with Crippen molar-refractivity contribution in [2.45, 2.75) is 0 Å². The minimum absolute atomic E-state index is 0.580. The Labute approximate surface area is 127 Å². The molecule has 2 aromatic heterocycles. The second kappa shape index (κ2) is 5.07. The van der Waals surface area contributed by atoms with Crippen molar-refractivity contribution in [3.8, 4) is 28.5 Å². The number of nitrogens with zero attached hydrogens (tertiary/aromatic N) is 1. The summed E-state index contributed by atoms with van der Waals surface area (Å²) in [4.78, 5) is 4.52. The molecule has 0 N–H and O–H groups in total. The van der Waals surface area contributed by atoms with Crippen molar-refractivity contribution in [2.24, 2.45) is 0 Å². The summed E-state index contributed by atoms with van der Waals surface area (Å²) in [5.41, 5.74) is 3.36. The normalized spacial score (nSPS) is 11.0. The highest BCUT2D eigenvalue weighted by atomic mass is 16.5. The van der Waals surface area contributed by atoms with E-state index in [0.29, 0.717) is 5.89 Å². The van der Waals surface area contributed by atoms with Crippen molar-refractivity contribution in [1.82, 2.24) is 4.98 Å². The first-order valence-corrected chi connectivity index (χ1v) is 6.93. The molecule has 2 aromatic carbocycles. The Kier molecular flexibility index (Phi) is 2.93. The number of rotatable bonds is 3. The van der Waals surface area contributed by atoms with Crippen LogP contribution in [0.4, 0.5) is 0 Å². The van der Waals surface area contributed by atoms with Gasteiger partial charge in [-0.05, 0) is 42.5 Å². The zero-order valence-corrected chi connectivity index (χ0v) is 11.9. The number of aromatic nitrogens is 1. The van der Waals surface area contributed by atoms with Gasteiger partial charge in [0.2, 0.25) is 5.89 Å². The van der Waals surface area contributed by atoms with E-state index in [1.807, 2.05) is 54.6 Å². The highest BCUT2D eigenvalue weighted by Crippen LogP contribution is 2.35. The van der Waals surface area contributed by atoms with Crippen LogP contribution in [0, 0.1) is 0 Å². The number of oxazole rings is 1. The van der Waals surface area contributed by atoms with Crippen LogP contribution < -0.4 is 4.74 Å².